The van der Waals surface area contributed by atoms with Gasteiger partial charge in [-0.25, -0.2) is 9.59 Å². The van der Waals surface area contributed by atoms with Crippen molar-refractivity contribution in [3.8, 4) is 0 Å². The van der Waals surface area contributed by atoms with Crippen LogP contribution in [-0.2, 0) is 25.6 Å². The highest BCUT2D eigenvalue weighted by Gasteiger charge is 2.25. The Kier molecular flexibility index (Phi) is 7.85. The van der Waals surface area contributed by atoms with Gasteiger partial charge in [0.2, 0.25) is 0 Å². The summed E-state index contributed by atoms with van der Waals surface area (Å²) in [4.78, 5) is 23.6. The Bertz CT molecular complexity index is 501. The molecule has 0 aliphatic heterocycles. The largest absolute Gasteiger partial charge is 0.448 e. The maximum atomic E-state index is 11.8. The summed E-state index contributed by atoms with van der Waals surface area (Å²) in [6.07, 6.45) is -0.725. The van der Waals surface area contributed by atoms with E-state index in [9.17, 15) is 9.59 Å². The highest BCUT2D eigenvalue weighted by Crippen LogP contribution is 2.07. The standard InChI is InChI=1S/C16H22ClNO5/c1-16(2,3)23-15(20)18-13(14(19)22-11-17)10-21-9-12-7-5-4-6-8-12/h4-8,13H,9-11H2,1-3H3,(H,18,20)/t13-/m0/s1. The molecule has 23 heavy (non-hydrogen) atoms. The molecule has 0 aromatic heterocycles. The van der Waals surface area contributed by atoms with Gasteiger partial charge in [0.05, 0.1) is 13.2 Å². The number of carbonyl (C=O) groups excluding carboxylic acids is 2. The molecule has 6 nitrogen and oxygen atoms in total. The molecule has 7 heteroatoms. The molecule has 1 amide bonds. The molecule has 0 spiro atoms. The zero-order chi connectivity index (χ0) is 17.3. The number of alkyl carbamates (subject to hydrolysis) is 1. The molecule has 0 unspecified atom stereocenters. The molecule has 1 aromatic rings. The highest BCUT2D eigenvalue weighted by molar-refractivity contribution is 6.17. The molecule has 0 heterocycles. The molecule has 0 fully saturated rings. The van der Waals surface area contributed by atoms with Crippen molar-refractivity contribution < 1.29 is 23.8 Å². The number of halogens is 1. The fraction of sp³-hybridized carbons (Fsp3) is 0.500. The predicted octanol–water partition coefficient (Wildman–Crippen LogP) is 2.84. The molecule has 1 N–H and O–H groups in total. The first-order valence-electron chi connectivity index (χ1n) is 7.15. The van der Waals surface area contributed by atoms with Crippen LogP contribution in [0.3, 0.4) is 0 Å². The molecular formula is C16H22ClNO5. The number of carbonyl (C=O) groups is 2. The van der Waals surface area contributed by atoms with Crippen molar-refractivity contribution in [3.05, 3.63) is 35.9 Å². The number of hydrogen-bond donors (Lipinski definition) is 1. The Hall–Kier alpha value is -1.79. The van der Waals surface area contributed by atoms with Crippen LogP contribution in [0.1, 0.15) is 26.3 Å². The molecule has 1 aromatic carbocycles. The van der Waals surface area contributed by atoms with Gasteiger partial charge in [0, 0.05) is 0 Å². The van der Waals surface area contributed by atoms with Crippen molar-refractivity contribution in [2.75, 3.05) is 12.7 Å². The number of esters is 1. The lowest BCUT2D eigenvalue weighted by molar-refractivity contribution is -0.145. The first-order chi connectivity index (χ1) is 10.8. The van der Waals surface area contributed by atoms with Gasteiger partial charge in [-0.1, -0.05) is 41.9 Å². The van der Waals surface area contributed by atoms with E-state index in [1.54, 1.807) is 20.8 Å². The van der Waals surface area contributed by atoms with E-state index in [2.05, 4.69) is 5.32 Å². The third-order valence-corrected chi connectivity index (χ3v) is 2.68. The second-order valence-electron chi connectivity index (χ2n) is 5.77. The molecule has 0 aliphatic carbocycles. The first kappa shape index (κ1) is 19.3. The Morgan fingerprint density at radius 2 is 1.87 bits per heavy atom. The summed E-state index contributed by atoms with van der Waals surface area (Å²) < 4.78 is 15.3. The van der Waals surface area contributed by atoms with Crippen LogP contribution >= 0.6 is 11.6 Å². The van der Waals surface area contributed by atoms with Crippen LogP contribution in [0.2, 0.25) is 0 Å². The van der Waals surface area contributed by atoms with Gasteiger partial charge in [0.1, 0.15) is 5.60 Å². The van der Waals surface area contributed by atoms with Gasteiger partial charge in [0.15, 0.2) is 12.1 Å². The van der Waals surface area contributed by atoms with Crippen LogP contribution in [0.5, 0.6) is 0 Å². The summed E-state index contributed by atoms with van der Waals surface area (Å²) >= 11 is 5.39. The van der Waals surface area contributed by atoms with E-state index in [1.807, 2.05) is 30.3 Å². The third kappa shape index (κ3) is 8.42. The monoisotopic (exact) mass is 343 g/mol. The first-order valence-corrected chi connectivity index (χ1v) is 7.69. The lowest BCUT2D eigenvalue weighted by Gasteiger charge is -2.22. The average molecular weight is 344 g/mol. The number of hydrogen-bond acceptors (Lipinski definition) is 5. The third-order valence-electron chi connectivity index (χ3n) is 2.57. The number of amides is 1. The van der Waals surface area contributed by atoms with Gasteiger partial charge in [-0.15, -0.1) is 0 Å². The summed E-state index contributed by atoms with van der Waals surface area (Å²) in [5.74, 6) is -0.682. The van der Waals surface area contributed by atoms with Gasteiger partial charge in [-0.05, 0) is 26.3 Å². The van der Waals surface area contributed by atoms with Crippen LogP contribution in [0.15, 0.2) is 30.3 Å². The van der Waals surface area contributed by atoms with Crippen molar-refractivity contribution in [1.29, 1.82) is 0 Å². The summed E-state index contributed by atoms with van der Waals surface area (Å²) in [5.41, 5.74) is 0.282. The SMILES string of the molecule is CC(C)(C)OC(=O)N[C@@H](COCc1ccccc1)C(=O)OCCl. The summed E-state index contributed by atoms with van der Waals surface area (Å²) in [5, 5.41) is 2.43. The summed E-state index contributed by atoms with van der Waals surface area (Å²) in [6, 6.07) is 8.17. The van der Waals surface area contributed by atoms with Gasteiger partial charge in [0.25, 0.3) is 0 Å². The quantitative estimate of drug-likeness (QED) is 0.608. The number of nitrogens with one attached hydrogen (secondary N) is 1. The fourth-order valence-electron chi connectivity index (χ4n) is 1.64. The minimum absolute atomic E-state index is 0.0517. The fourth-order valence-corrected chi connectivity index (χ4v) is 1.75. The van der Waals surface area contributed by atoms with Crippen molar-refractivity contribution >= 4 is 23.7 Å². The lowest BCUT2D eigenvalue weighted by atomic mass is 10.2. The van der Waals surface area contributed by atoms with Crippen LogP contribution < -0.4 is 5.32 Å². The van der Waals surface area contributed by atoms with Crippen molar-refractivity contribution in [2.45, 2.75) is 39.0 Å². The maximum absolute atomic E-state index is 11.8. The zero-order valence-electron chi connectivity index (χ0n) is 13.5. The Balaban J connectivity index is 2.55. The smallest absolute Gasteiger partial charge is 0.408 e. The van der Waals surface area contributed by atoms with Crippen LogP contribution in [0.4, 0.5) is 4.79 Å². The van der Waals surface area contributed by atoms with Crippen LogP contribution in [0, 0.1) is 0 Å². The van der Waals surface area contributed by atoms with E-state index in [0.29, 0.717) is 6.61 Å². The lowest BCUT2D eigenvalue weighted by Crippen LogP contribution is -2.46. The molecule has 0 saturated carbocycles. The number of benzene rings is 1. The molecule has 0 radical (unpaired) electrons. The van der Waals surface area contributed by atoms with Crippen LogP contribution in [-0.4, -0.2) is 36.4 Å². The summed E-state index contributed by atoms with van der Waals surface area (Å²) in [6.45, 7) is 5.44. The predicted molar refractivity (Wildman–Crippen MR) is 86.1 cm³/mol. The molecule has 128 valence electrons. The van der Waals surface area contributed by atoms with E-state index in [4.69, 9.17) is 25.8 Å². The van der Waals surface area contributed by atoms with E-state index in [-0.39, 0.29) is 12.7 Å². The van der Waals surface area contributed by atoms with Crippen LogP contribution in [0.25, 0.3) is 0 Å². The molecule has 0 saturated heterocycles. The Labute approximate surface area is 141 Å². The molecule has 0 bridgehead atoms. The van der Waals surface area contributed by atoms with Crippen molar-refractivity contribution in [3.63, 3.8) is 0 Å². The minimum Gasteiger partial charge on any atom is -0.448 e. The Morgan fingerprint density at radius 3 is 2.43 bits per heavy atom. The zero-order valence-corrected chi connectivity index (χ0v) is 14.3. The van der Waals surface area contributed by atoms with Gasteiger partial charge < -0.3 is 19.5 Å². The van der Waals surface area contributed by atoms with Gasteiger partial charge in [-0.2, -0.15) is 0 Å². The average Bonchev–Trinajstić information content (AvgIpc) is 2.45. The molecule has 1 atom stereocenters. The molecular weight excluding hydrogens is 322 g/mol. The molecule has 1 rings (SSSR count). The van der Waals surface area contributed by atoms with Gasteiger partial charge >= 0.3 is 12.1 Å². The normalized spacial score (nSPS) is 12.3. The van der Waals surface area contributed by atoms with E-state index < -0.39 is 23.7 Å². The summed E-state index contributed by atoms with van der Waals surface area (Å²) in [7, 11) is 0. The second kappa shape index (κ2) is 9.37. The minimum atomic E-state index is -0.993. The van der Waals surface area contributed by atoms with E-state index in [1.165, 1.54) is 0 Å². The molecule has 0 aliphatic rings. The number of alkyl halides is 1. The van der Waals surface area contributed by atoms with E-state index >= 15 is 0 Å². The van der Waals surface area contributed by atoms with Crippen molar-refractivity contribution in [2.24, 2.45) is 0 Å². The number of ether oxygens (including phenoxy) is 3. The van der Waals surface area contributed by atoms with Crippen molar-refractivity contribution in [1.82, 2.24) is 5.32 Å². The Morgan fingerprint density at radius 1 is 1.22 bits per heavy atom. The second-order valence-corrected chi connectivity index (χ2v) is 5.99. The maximum Gasteiger partial charge on any atom is 0.408 e. The van der Waals surface area contributed by atoms with E-state index in [0.717, 1.165) is 5.56 Å². The van der Waals surface area contributed by atoms with Gasteiger partial charge in [-0.3, -0.25) is 0 Å². The number of rotatable bonds is 7. The topological polar surface area (TPSA) is 73.9 Å². The highest BCUT2D eigenvalue weighted by atomic mass is 35.5.